The Hall–Kier alpha value is -0.610. The molecule has 3 rings (SSSR count). The molecular formula is C15H21ClN2O. The highest BCUT2D eigenvalue weighted by Crippen LogP contribution is 2.26. The number of piperazine rings is 1. The SMILES string of the molecule is Clc1cccc(C2CNCCN2CC2CCOC2)c1. The summed E-state index contributed by atoms with van der Waals surface area (Å²) >= 11 is 6.12. The van der Waals surface area contributed by atoms with Crippen molar-refractivity contribution in [3.63, 3.8) is 0 Å². The van der Waals surface area contributed by atoms with Crippen LogP contribution < -0.4 is 5.32 Å². The number of rotatable bonds is 3. The molecule has 0 amide bonds. The van der Waals surface area contributed by atoms with Crippen molar-refractivity contribution in [1.29, 1.82) is 0 Å². The van der Waals surface area contributed by atoms with Crippen LogP contribution in [0.15, 0.2) is 24.3 Å². The minimum absolute atomic E-state index is 0.438. The molecule has 1 aromatic carbocycles. The maximum absolute atomic E-state index is 6.12. The lowest BCUT2D eigenvalue weighted by molar-refractivity contribution is 0.123. The minimum atomic E-state index is 0.438. The molecule has 0 saturated carbocycles. The zero-order valence-corrected chi connectivity index (χ0v) is 11.9. The van der Waals surface area contributed by atoms with Gasteiger partial charge in [-0.15, -0.1) is 0 Å². The van der Waals surface area contributed by atoms with E-state index in [2.05, 4.69) is 22.3 Å². The van der Waals surface area contributed by atoms with Gasteiger partial charge in [0, 0.05) is 43.9 Å². The molecule has 0 radical (unpaired) electrons. The summed E-state index contributed by atoms with van der Waals surface area (Å²) in [6.45, 7) is 6.18. The van der Waals surface area contributed by atoms with E-state index in [-0.39, 0.29) is 0 Å². The van der Waals surface area contributed by atoms with Crippen molar-refractivity contribution in [2.45, 2.75) is 12.5 Å². The molecule has 104 valence electrons. The summed E-state index contributed by atoms with van der Waals surface area (Å²) in [4.78, 5) is 2.58. The molecule has 3 nitrogen and oxygen atoms in total. The summed E-state index contributed by atoms with van der Waals surface area (Å²) in [7, 11) is 0. The van der Waals surface area contributed by atoms with Crippen LogP contribution in [0.3, 0.4) is 0 Å². The van der Waals surface area contributed by atoms with E-state index in [0.29, 0.717) is 12.0 Å². The Kier molecular flexibility index (Phi) is 4.38. The van der Waals surface area contributed by atoms with Crippen molar-refractivity contribution in [1.82, 2.24) is 10.2 Å². The van der Waals surface area contributed by atoms with Gasteiger partial charge in [-0.1, -0.05) is 23.7 Å². The Labute approximate surface area is 119 Å². The third-order valence-electron chi connectivity index (χ3n) is 4.10. The van der Waals surface area contributed by atoms with Gasteiger partial charge in [0.2, 0.25) is 0 Å². The topological polar surface area (TPSA) is 24.5 Å². The summed E-state index contributed by atoms with van der Waals surface area (Å²) in [6.07, 6.45) is 1.20. The van der Waals surface area contributed by atoms with Crippen LogP contribution in [0.2, 0.25) is 5.02 Å². The van der Waals surface area contributed by atoms with Gasteiger partial charge in [-0.25, -0.2) is 0 Å². The fraction of sp³-hybridized carbons (Fsp3) is 0.600. The maximum Gasteiger partial charge on any atom is 0.0507 e. The summed E-state index contributed by atoms with van der Waals surface area (Å²) in [5.74, 6) is 0.694. The number of halogens is 1. The predicted octanol–water partition coefficient (Wildman–Crippen LogP) is 2.32. The largest absolute Gasteiger partial charge is 0.381 e. The third kappa shape index (κ3) is 3.29. The lowest BCUT2D eigenvalue weighted by Gasteiger charge is -2.37. The number of nitrogens with zero attached hydrogens (tertiary/aromatic N) is 1. The second kappa shape index (κ2) is 6.23. The molecule has 4 heteroatoms. The maximum atomic E-state index is 6.12. The summed E-state index contributed by atoms with van der Waals surface area (Å²) in [5.41, 5.74) is 1.32. The average Bonchev–Trinajstić information content (AvgIpc) is 2.92. The van der Waals surface area contributed by atoms with Crippen LogP contribution in [0.5, 0.6) is 0 Å². The number of hydrogen-bond acceptors (Lipinski definition) is 3. The molecule has 2 aliphatic rings. The number of ether oxygens (including phenoxy) is 1. The van der Waals surface area contributed by atoms with E-state index < -0.39 is 0 Å². The van der Waals surface area contributed by atoms with Gasteiger partial charge in [-0.05, 0) is 30.0 Å². The van der Waals surface area contributed by atoms with Crippen molar-refractivity contribution < 1.29 is 4.74 Å². The van der Waals surface area contributed by atoms with Gasteiger partial charge < -0.3 is 10.1 Å². The Morgan fingerprint density at radius 1 is 1.42 bits per heavy atom. The average molecular weight is 281 g/mol. The van der Waals surface area contributed by atoms with Crippen LogP contribution in [0.25, 0.3) is 0 Å². The van der Waals surface area contributed by atoms with Crippen LogP contribution in [0.4, 0.5) is 0 Å². The second-order valence-corrected chi connectivity index (χ2v) is 5.94. The highest BCUT2D eigenvalue weighted by molar-refractivity contribution is 6.30. The minimum Gasteiger partial charge on any atom is -0.381 e. The van der Waals surface area contributed by atoms with Crippen LogP contribution in [-0.2, 0) is 4.74 Å². The van der Waals surface area contributed by atoms with E-state index in [1.807, 2.05) is 12.1 Å². The lowest BCUT2D eigenvalue weighted by atomic mass is 10.0. The van der Waals surface area contributed by atoms with Crippen LogP contribution in [-0.4, -0.2) is 44.3 Å². The third-order valence-corrected chi connectivity index (χ3v) is 4.34. The summed E-state index contributed by atoms with van der Waals surface area (Å²) < 4.78 is 5.50. The molecule has 2 saturated heterocycles. The molecule has 2 aliphatic heterocycles. The first-order chi connectivity index (χ1) is 9.33. The fourth-order valence-corrected chi connectivity index (χ4v) is 3.27. The Morgan fingerprint density at radius 3 is 3.16 bits per heavy atom. The molecule has 2 heterocycles. The van der Waals surface area contributed by atoms with Gasteiger partial charge in [-0.3, -0.25) is 4.90 Å². The predicted molar refractivity (Wildman–Crippen MR) is 77.6 cm³/mol. The molecule has 2 atom stereocenters. The quantitative estimate of drug-likeness (QED) is 0.920. The molecule has 2 unspecified atom stereocenters. The molecule has 1 aromatic rings. The highest BCUT2D eigenvalue weighted by Gasteiger charge is 2.27. The van der Waals surface area contributed by atoms with Crippen LogP contribution >= 0.6 is 11.6 Å². The first kappa shape index (κ1) is 13.4. The van der Waals surface area contributed by atoms with Crippen LogP contribution in [0.1, 0.15) is 18.0 Å². The molecule has 2 fully saturated rings. The van der Waals surface area contributed by atoms with Gasteiger partial charge in [-0.2, -0.15) is 0 Å². The Morgan fingerprint density at radius 2 is 2.37 bits per heavy atom. The zero-order valence-electron chi connectivity index (χ0n) is 11.1. The molecule has 0 aromatic heterocycles. The Balaban J connectivity index is 1.72. The second-order valence-electron chi connectivity index (χ2n) is 5.50. The Bertz CT molecular complexity index is 420. The molecule has 0 bridgehead atoms. The van der Waals surface area contributed by atoms with E-state index in [0.717, 1.165) is 44.4 Å². The fourth-order valence-electron chi connectivity index (χ4n) is 3.07. The molecule has 1 N–H and O–H groups in total. The molecule has 0 spiro atoms. The zero-order chi connectivity index (χ0) is 13.1. The van der Waals surface area contributed by atoms with Gasteiger partial charge >= 0.3 is 0 Å². The normalized spacial score (nSPS) is 28.7. The van der Waals surface area contributed by atoms with Gasteiger partial charge in [0.25, 0.3) is 0 Å². The van der Waals surface area contributed by atoms with Crippen molar-refractivity contribution in [2.24, 2.45) is 5.92 Å². The van der Waals surface area contributed by atoms with E-state index in [1.54, 1.807) is 0 Å². The van der Waals surface area contributed by atoms with Crippen molar-refractivity contribution in [2.75, 3.05) is 39.4 Å². The highest BCUT2D eigenvalue weighted by atomic mass is 35.5. The number of benzene rings is 1. The monoisotopic (exact) mass is 280 g/mol. The standard InChI is InChI=1S/C15H21ClN2O/c16-14-3-1-2-13(8-14)15-9-17-5-6-18(15)10-12-4-7-19-11-12/h1-3,8,12,15,17H,4-7,9-11H2. The van der Waals surface area contributed by atoms with Gasteiger partial charge in [0.05, 0.1) is 6.61 Å². The smallest absolute Gasteiger partial charge is 0.0507 e. The van der Waals surface area contributed by atoms with Crippen molar-refractivity contribution >= 4 is 11.6 Å². The first-order valence-corrected chi connectivity index (χ1v) is 7.49. The summed E-state index contributed by atoms with van der Waals surface area (Å²) in [5, 5.41) is 4.32. The van der Waals surface area contributed by atoms with Crippen LogP contribution in [0, 0.1) is 5.92 Å². The number of nitrogens with one attached hydrogen (secondary N) is 1. The molecule has 19 heavy (non-hydrogen) atoms. The van der Waals surface area contributed by atoms with E-state index in [4.69, 9.17) is 16.3 Å². The molecular weight excluding hydrogens is 260 g/mol. The van der Waals surface area contributed by atoms with E-state index in [1.165, 1.54) is 12.0 Å². The summed E-state index contributed by atoms with van der Waals surface area (Å²) in [6, 6.07) is 8.70. The van der Waals surface area contributed by atoms with E-state index >= 15 is 0 Å². The van der Waals surface area contributed by atoms with E-state index in [9.17, 15) is 0 Å². The van der Waals surface area contributed by atoms with Crippen molar-refractivity contribution in [3.8, 4) is 0 Å². The van der Waals surface area contributed by atoms with Gasteiger partial charge in [0.15, 0.2) is 0 Å². The van der Waals surface area contributed by atoms with Crippen molar-refractivity contribution in [3.05, 3.63) is 34.9 Å². The van der Waals surface area contributed by atoms with Gasteiger partial charge in [0.1, 0.15) is 0 Å². The number of hydrogen-bond donors (Lipinski definition) is 1. The lowest BCUT2D eigenvalue weighted by Crippen LogP contribution is -2.47. The molecule has 0 aliphatic carbocycles. The first-order valence-electron chi connectivity index (χ1n) is 7.11.